The fraction of sp³-hybridized carbons (Fsp3) is 0.600. The fourth-order valence-corrected chi connectivity index (χ4v) is 4.60. The first-order valence-corrected chi connectivity index (χ1v) is 9.80. The van der Waals surface area contributed by atoms with Crippen LogP contribution in [-0.2, 0) is 11.3 Å². The monoisotopic (exact) mass is 444 g/mol. The number of anilines is 1. The van der Waals surface area contributed by atoms with E-state index >= 15 is 0 Å². The third-order valence-electron chi connectivity index (χ3n) is 6.19. The molecule has 1 amide bonds. The molecule has 1 aromatic heterocycles. The van der Waals surface area contributed by atoms with Gasteiger partial charge >= 0.3 is 5.76 Å². The second-order valence-electron chi connectivity index (χ2n) is 8.19. The van der Waals surface area contributed by atoms with Gasteiger partial charge in [-0.15, -0.1) is 24.8 Å². The molecule has 29 heavy (non-hydrogen) atoms. The molecule has 2 N–H and O–H groups in total. The van der Waals surface area contributed by atoms with Crippen molar-refractivity contribution in [2.45, 2.75) is 32.2 Å². The van der Waals surface area contributed by atoms with E-state index in [0.717, 1.165) is 50.1 Å². The summed E-state index contributed by atoms with van der Waals surface area (Å²) in [5, 5.41) is 6.54. The Hall–Kier alpha value is -1.54. The first-order chi connectivity index (χ1) is 13.0. The molecule has 2 aliphatic rings. The summed E-state index contributed by atoms with van der Waals surface area (Å²) in [7, 11) is 3.93. The lowest BCUT2D eigenvalue weighted by atomic mass is 9.67. The minimum absolute atomic E-state index is 0. The van der Waals surface area contributed by atoms with E-state index in [4.69, 9.17) is 4.42 Å². The van der Waals surface area contributed by atoms with E-state index in [2.05, 4.69) is 10.6 Å². The number of likely N-dealkylation sites (N-methyl/N-ethyl adjacent to an activating group) is 1. The fourth-order valence-electron chi connectivity index (χ4n) is 4.60. The van der Waals surface area contributed by atoms with Crippen molar-refractivity contribution < 1.29 is 9.21 Å². The van der Waals surface area contributed by atoms with Crippen LogP contribution in [0.3, 0.4) is 0 Å². The van der Waals surface area contributed by atoms with E-state index in [1.807, 2.05) is 31.1 Å². The number of fused-ring (bicyclic) bond motifs is 2. The standard InChI is InChI=1S/C20H28N4O3.2ClH/c1-23(2)9-10-24-16-11-15(6-7-17(16)27-19(24)26)22-18(25)20-8-4-3-5-14(20)12-21-13-20;;/h6-7,11,14,21H,3-5,8-10,12-13H2,1-2H3,(H,22,25);2*1H/t14-,20+;;/m0../s1. The van der Waals surface area contributed by atoms with Crippen molar-refractivity contribution in [1.29, 1.82) is 0 Å². The normalized spacial score (nSPS) is 23.3. The number of rotatable bonds is 5. The van der Waals surface area contributed by atoms with Crippen LogP contribution in [-0.4, -0.2) is 49.1 Å². The third kappa shape index (κ3) is 4.48. The first-order valence-electron chi connectivity index (χ1n) is 9.80. The molecule has 2 heterocycles. The maximum atomic E-state index is 13.2. The molecule has 9 heteroatoms. The van der Waals surface area contributed by atoms with Crippen LogP contribution in [0.2, 0.25) is 0 Å². The van der Waals surface area contributed by atoms with Gasteiger partial charge in [-0.2, -0.15) is 0 Å². The summed E-state index contributed by atoms with van der Waals surface area (Å²) >= 11 is 0. The zero-order chi connectivity index (χ0) is 19.0. The maximum absolute atomic E-state index is 13.2. The average Bonchev–Trinajstić information content (AvgIpc) is 3.21. The summed E-state index contributed by atoms with van der Waals surface area (Å²) < 4.78 is 6.97. The number of oxazole rings is 1. The Morgan fingerprint density at radius 3 is 2.90 bits per heavy atom. The molecule has 162 valence electrons. The number of amides is 1. The van der Waals surface area contributed by atoms with Crippen molar-refractivity contribution in [1.82, 2.24) is 14.8 Å². The molecule has 0 unspecified atom stereocenters. The molecule has 1 aromatic carbocycles. The van der Waals surface area contributed by atoms with Gasteiger partial charge in [0.15, 0.2) is 5.58 Å². The molecular weight excluding hydrogens is 415 g/mol. The molecule has 1 aliphatic carbocycles. The Kier molecular flexibility index (Phi) is 7.79. The minimum atomic E-state index is -0.360. The summed E-state index contributed by atoms with van der Waals surface area (Å²) in [6.07, 6.45) is 4.38. The summed E-state index contributed by atoms with van der Waals surface area (Å²) in [5.41, 5.74) is 1.70. The van der Waals surface area contributed by atoms with Gasteiger partial charge in [-0.3, -0.25) is 9.36 Å². The summed E-state index contributed by atoms with van der Waals surface area (Å²) in [6.45, 7) is 2.97. The van der Waals surface area contributed by atoms with E-state index in [1.54, 1.807) is 10.6 Å². The number of aromatic nitrogens is 1. The van der Waals surface area contributed by atoms with Crippen LogP contribution in [0.15, 0.2) is 27.4 Å². The van der Waals surface area contributed by atoms with Gasteiger partial charge in [0.25, 0.3) is 0 Å². The molecule has 2 aromatic rings. The van der Waals surface area contributed by atoms with Gasteiger partial charge in [0.1, 0.15) is 0 Å². The van der Waals surface area contributed by atoms with E-state index in [9.17, 15) is 9.59 Å². The van der Waals surface area contributed by atoms with Crippen molar-refractivity contribution in [2.24, 2.45) is 11.3 Å². The Balaban J connectivity index is 0.00000150. The van der Waals surface area contributed by atoms with Crippen molar-refractivity contribution in [3.05, 3.63) is 28.7 Å². The number of hydrogen-bond donors (Lipinski definition) is 2. The molecule has 4 rings (SSSR count). The van der Waals surface area contributed by atoms with Crippen LogP contribution < -0.4 is 16.4 Å². The third-order valence-corrected chi connectivity index (χ3v) is 6.19. The van der Waals surface area contributed by atoms with E-state index < -0.39 is 0 Å². The van der Waals surface area contributed by atoms with Crippen LogP contribution in [0.25, 0.3) is 11.1 Å². The average molecular weight is 445 g/mol. The van der Waals surface area contributed by atoms with Crippen molar-refractivity contribution in [3.8, 4) is 0 Å². The number of carbonyl (C=O) groups is 1. The zero-order valence-electron chi connectivity index (χ0n) is 16.9. The Bertz CT molecular complexity index is 911. The summed E-state index contributed by atoms with van der Waals surface area (Å²) in [4.78, 5) is 27.3. The smallest absolute Gasteiger partial charge is 0.408 e. The van der Waals surface area contributed by atoms with Crippen molar-refractivity contribution >= 4 is 47.5 Å². The van der Waals surface area contributed by atoms with Gasteiger partial charge in [-0.1, -0.05) is 12.8 Å². The second kappa shape index (κ2) is 9.51. The van der Waals surface area contributed by atoms with Crippen LogP contribution >= 0.6 is 24.8 Å². The summed E-state index contributed by atoms with van der Waals surface area (Å²) in [6, 6.07) is 5.43. The number of nitrogens with zero attached hydrogens (tertiary/aromatic N) is 2. The highest BCUT2D eigenvalue weighted by Crippen LogP contribution is 2.44. The predicted molar refractivity (Wildman–Crippen MR) is 119 cm³/mol. The Morgan fingerprint density at radius 2 is 2.14 bits per heavy atom. The molecular formula is C20H30Cl2N4O3. The summed E-state index contributed by atoms with van der Waals surface area (Å²) in [5.74, 6) is 0.158. The SMILES string of the molecule is CN(C)CCn1c(=O)oc2ccc(NC(=O)[C@@]34CCCC[C@H]3CNC4)cc21.Cl.Cl. The molecule has 0 radical (unpaired) electrons. The molecule has 1 saturated heterocycles. The highest BCUT2D eigenvalue weighted by Gasteiger charge is 2.49. The van der Waals surface area contributed by atoms with Crippen LogP contribution in [0.1, 0.15) is 25.7 Å². The number of halogens is 2. The quantitative estimate of drug-likeness (QED) is 0.740. The molecule has 1 aliphatic heterocycles. The molecule has 2 fully saturated rings. The van der Waals surface area contributed by atoms with Crippen molar-refractivity contribution in [3.63, 3.8) is 0 Å². The number of benzene rings is 1. The van der Waals surface area contributed by atoms with Crippen LogP contribution in [0.4, 0.5) is 5.69 Å². The van der Waals surface area contributed by atoms with E-state index in [-0.39, 0.29) is 41.9 Å². The molecule has 7 nitrogen and oxygen atoms in total. The van der Waals surface area contributed by atoms with Gasteiger partial charge in [0, 0.05) is 25.3 Å². The first kappa shape index (κ1) is 23.7. The van der Waals surface area contributed by atoms with Gasteiger partial charge in [0.05, 0.1) is 10.9 Å². The minimum Gasteiger partial charge on any atom is -0.408 e. The Morgan fingerprint density at radius 1 is 1.34 bits per heavy atom. The predicted octanol–water partition coefficient (Wildman–Crippen LogP) is 2.72. The van der Waals surface area contributed by atoms with Gasteiger partial charge in [-0.05, 0) is 57.6 Å². The van der Waals surface area contributed by atoms with E-state index in [1.165, 1.54) is 6.42 Å². The zero-order valence-corrected chi connectivity index (χ0v) is 18.5. The molecule has 2 atom stereocenters. The van der Waals surface area contributed by atoms with Gasteiger partial charge in [0.2, 0.25) is 5.91 Å². The number of hydrogen-bond acceptors (Lipinski definition) is 5. The van der Waals surface area contributed by atoms with E-state index in [0.29, 0.717) is 18.0 Å². The maximum Gasteiger partial charge on any atom is 0.419 e. The van der Waals surface area contributed by atoms with Crippen LogP contribution in [0.5, 0.6) is 0 Å². The lowest BCUT2D eigenvalue weighted by Crippen LogP contribution is -2.44. The van der Waals surface area contributed by atoms with Crippen LogP contribution in [0, 0.1) is 11.3 Å². The van der Waals surface area contributed by atoms with Crippen molar-refractivity contribution in [2.75, 3.05) is 39.0 Å². The molecule has 1 saturated carbocycles. The highest BCUT2D eigenvalue weighted by atomic mass is 35.5. The molecule has 0 bridgehead atoms. The lowest BCUT2D eigenvalue weighted by Gasteiger charge is -2.37. The topological polar surface area (TPSA) is 79.5 Å². The molecule has 0 spiro atoms. The second-order valence-corrected chi connectivity index (χ2v) is 8.19. The van der Waals surface area contributed by atoms with Gasteiger partial charge in [-0.25, -0.2) is 4.79 Å². The lowest BCUT2D eigenvalue weighted by molar-refractivity contribution is -0.128. The number of nitrogens with one attached hydrogen (secondary N) is 2. The Labute approximate surface area is 183 Å². The number of carbonyl (C=O) groups excluding carboxylic acids is 1. The van der Waals surface area contributed by atoms with Gasteiger partial charge < -0.3 is 20.0 Å². The largest absolute Gasteiger partial charge is 0.419 e. The highest BCUT2D eigenvalue weighted by molar-refractivity contribution is 5.97.